The zero-order chi connectivity index (χ0) is 13.3. The summed E-state index contributed by atoms with van der Waals surface area (Å²) >= 11 is 0. The number of esters is 1. The molecule has 1 atom stereocenters. The predicted octanol–water partition coefficient (Wildman–Crippen LogP) is 0.780. The number of furan rings is 1. The highest BCUT2D eigenvalue weighted by molar-refractivity contribution is 5.92. The number of carboxylic acid groups (broad SMARTS) is 1. The highest BCUT2D eigenvalue weighted by atomic mass is 16.5. The van der Waals surface area contributed by atoms with E-state index in [2.05, 4.69) is 0 Å². The molecule has 0 saturated heterocycles. The Balaban J connectivity index is 2.30. The maximum atomic E-state index is 11.3. The summed E-state index contributed by atoms with van der Waals surface area (Å²) in [5, 5.41) is 9.03. The molecule has 3 N–H and O–H groups in total. The first-order valence-electron chi connectivity index (χ1n) is 5.23. The molecule has 7 heteroatoms. The van der Waals surface area contributed by atoms with Crippen LogP contribution in [0.25, 0.3) is 11.1 Å². The van der Waals surface area contributed by atoms with E-state index in [1.807, 2.05) is 0 Å². The molecule has 0 aliphatic rings. The van der Waals surface area contributed by atoms with Crippen LogP contribution in [0.2, 0.25) is 0 Å². The van der Waals surface area contributed by atoms with Gasteiger partial charge in [-0.15, -0.1) is 0 Å². The fourth-order valence-corrected chi connectivity index (χ4v) is 1.55. The topological polar surface area (TPSA) is 108 Å². The number of rotatable bonds is 4. The quantitative estimate of drug-likeness (QED) is 0.778. The summed E-state index contributed by atoms with van der Waals surface area (Å²) in [4.78, 5) is 22.3. The standard InChI is InChI=1S/C11H12N2O5/c1-6(12)11(16)18-5-13-7-2-3-17-9(7)4-8(13)10(14)15/h2-4,6H,5,12H2,1H3,(H,14,15). The van der Waals surface area contributed by atoms with Gasteiger partial charge in [-0.3, -0.25) is 9.36 Å². The minimum atomic E-state index is -1.13. The summed E-state index contributed by atoms with van der Waals surface area (Å²) in [5.41, 5.74) is 6.30. The van der Waals surface area contributed by atoms with Gasteiger partial charge in [-0.1, -0.05) is 0 Å². The summed E-state index contributed by atoms with van der Waals surface area (Å²) in [5.74, 6) is -1.73. The number of ether oxygens (including phenoxy) is 1. The van der Waals surface area contributed by atoms with Crippen molar-refractivity contribution in [3.63, 3.8) is 0 Å². The third-order valence-electron chi connectivity index (χ3n) is 2.45. The molecule has 2 aromatic heterocycles. The Morgan fingerprint density at radius 2 is 2.33 bits per heavy atom. The van der Waals surface area contributed by atoms with Gasteiger partial charge < -0.3 is 20.0 Å². The van der Waals surface area contributed by atoms with Crippen molar-refractivity contribution in [2.45, 2.75) is 19.7 Å². The fourth-order valence-electron chi connectivity index (χ4n) is 1.55. The smallest absolute Gasteiger partial charge is 0.352 e. The molecule has 2 heterocycles. The molecule has 96 valence electrons. The molecule has 0 amide bonds. The van der Waals surface area contributed by atoms with E-state index in [-0.39, 0.29) is 12.4 Å². The first kappa shape index (κ1) is 12.2. The van der Waals surface area contributed by atoms with Crippen molar-refractivity contribution in [2.75, 3.05) is 0 Å². The fraction of sp³-hybridized carbons (Fsp3) is 0.273. The number of hydrogen-bond acceptors (Lipinski definition) is 5. The van der Waals surface area contributed by atoms with Gasteiger partial charge in [-0.2, -0.15) is 0 Å². The van der Waals surface area contributed by atoms with Crippen molar-refractivity contribution in [2.24, 2.45) is 5.73 Å². The Kier molecular flexibility index (Phi) is 3.07. The van der Waals surface area contributed by atoms with E-state index in [1.54, 1.807) is 6.07 Å². The molecule has 0 saturated carbocycles. The second-order valence-electron chi connectivity index (χ2n) is 3.81. The van der Waals surface area contributed by atoms with Crippen LogP contribution in [0.5, 0.6) is 0 Å². The normalized spacial score (nSPS) is 12.6. The lowest BCUT2D eigenvalue weighted by Gasteiger charge is -2.10. The van der Waals surface area contributed by atoms with Crippen molar-refractivity contribution in [3.8, 4) is 0 Å². The number of carboxylic acids is 1. The van der Waals surface area contributed by atoms with E-state index in [4.69, 9.17) is 20.0 Å². The van der Waals surface area contributed by atoms with Crippen molar-refractivity contribution in [1.82, 2.24) is 4.57 Å². The van der Waals surface area contributed by atoms with Crippen molar-refractivity contribution in [3.05, 3.63) is 24.1 Å². The molecule has 2 aromatic rings. The van der Waals surface area contributed by atoms with Crippen LogP contribution in [0.1, 0.15) is 17.4 Å². The lowest BCUT2D eigenvalue weighted by molar-refractivity contribution is -0.148. The summed E-state index contributed by atoms with van der Waals surface area (Å²) in [6, 6.07) is 2.22. The van der Waals surface area contributed by atoms with Crippen LogP contribution >= 0.6 is 0 Å². The summed E-state index contributed by atoms with van der Waals surface area (Å²) in [6.45, 7) is 1.27. The lowest BCUT2D eigenvalue weighted by Crippen LogP contribution is -2.29. The Morgan fingerprint density at radius 3 is 2.94 bits per heavy atom. The van der Waals surface area contributed by atoms with Crippen LogP contribution < -0.4 is 5.73 Å². The number of aromatic carboxylic acids is 1. The van der Waals surface area contributed by atoms with E-state index in [1.165, 1.54) is 23.8 Å². The molecule has 0 fully saturated rings. The Labute approximate surface area is 102 Å². The van der Waals surface area contributed by atoms with Crippen LogP contribution in [0.15, 0.2) is 22.8 Å². The molecular weight excluding hydrogens is 240 g/mol. The molecular formula is C11H12N2O5. The maximum Gasteiger partial charge on any atom is 0.352 e. The maximum absolute atomic E-state index is 11.3. The van der Waals surface area contributed by atoms with Gasteiger partial charge in [-0.05, 0) is 6.92 Å². The number of nitrogens with two attached hydrogens (primary N) is 1. The van der Waals surface area contributed by atoms with Crippen LogP contribution in [-0.2, 0) is 16.3 Å². The molecule has 7 nitrogen and oxygen atoms in total. The summed E-state index contributed by atoms with van der Waals surface area (Å²) in [7, 11) is 0. The largest absolute Gasteiger partial charge is 0.477 e. The predicted molar refractivity (Wildman–Crippen MR) is 60.9 cm³/mol. The van der Waals surface area contributed by atoms with E-state index in [0.29, 0.717) is 11.1 Å². The second-order valence-corrected chi connectivity index (χ2v) is 3.81. The van der Waals surface area contributed by atoms with Gasteiger partial charge in [-0.25, -0.2) is 4.79 Å². The monoisotopic (exact) mass is 252 g/mol. The van der Waals surface area contributed by atoms with Crippen molar-refractivity contribution < 1.29 is 23.8 Å². The molecule has 0 bridgehead atoms. The molecule has 0 spiro atoms. The highest BCUT2D eigenvalue weighted by Gasteiger charge is 2.18. The SMILES string of the molecule is CC(N)C(=O)OCn1c(C(=O)O)cc2occc21. The minimum absolute atomic E-state index is 0.0122. The Bertz CT molecular complexity index is 596. The Hall–Kier alpha value is -2.28. The van der Waals surface area contributed by atoms with Gasteiger partial charge in [0.2, 0.25) is 0 Å². The van der Waals surface area contributed by atoms with Crippen molar-refractivity contribution in [1.29, 1.82) is 0 Å². The zero-order valence-corrected chi connectivity index (χ0v) is 9.62. The molecule has 0 radical (unpaired) electrons. The molecule has 1 unspecified atom stereocenters. The van der Waals surface area contributed by atoms with E-state index in [9.17, 15) is 9.59 Å². The third kappa shape index (κ3) is 2.07. The van der Waals surface area contributed by atoms with Gasteiger partial charge in [0.25, 0.3) is 0 Å². The lowest BCUT2D eigenvalue weighted by atomic mass is 10.4. The van der Waals surface area contributed by atoms with Crippen LogP contribution in [-0.4, -0.2) is 27.7 Å². The molecule has 0 aliphatic carbocycles. The number of hydrogen-bond donors (Lipinski definition) is 2. The molecule has 0 aliphatic heterocycles. The number of aromatic nitrogens is 1. The van der Waals surface area contributed by atoms with E-state index in [0.717, 1.165) is 0 Å². The summed E-state index contributed by atoms with van der Waals surface area (Å²) in [6.07, 6.45) is 1.43. The average Bonchev–Trinajstić information content (AvgIpc) is 2.85. The molecule has 18 heavy (non-hydrogen) atoms. The van der Waals surface area contributed by atoms with Crippen LogP contribution in [0, 0.1) is 0 Å². The van der Waals surface area contributed by atoms with Gasteiger partial charge in [0, 0.05) is 12.1 Å². The molecule has 2 rings (SSSR count). The summed E-state index contributed by atoms with van der Waals surface area (Å²) < 4.78 is 11.3. The van der Waals surface area contributed by atoms with Gasteiger partial charge in [0.05, 0.1) is 11.8 Å². The third-order valence-corrected chi connectivity index (χ3v) is 2.45. The second kappa shape index (κ2) is 4.53. The first-order valence-corrected chi connectivity index (χ1v) is 5.23. The number of carbonyl (C=O) groups is 2. The minimum Gasteiger partial charge on any atom is -0.477 e. The number of carbonyl (C=O) groups excluding carboxylic acids is 1. The van der Waals surface area contributed by atoms with E-state index >= 15 is 0 Å². The molecule has 0 aromatic carbocycles. The zero-order valence-electron chi connectivity index (χ0n) is 9.62. The first-order chi connectivity index (χ1) is 8.50. The Morgan fingerprint density at radius 1 is 1.61 bits per heavy atom. The van der Waals surface area contributed by atoms with Gasteiger partial charge >= 0.3 is 11.9 Å². The van der Waals surface area contributed by atoms with Gasteiger partial charge in [0.15, 0.2) is 12.3 Å². The average molecular weight is 252 g/mol. The van der Waals surface area contributed by atoms with Crippen molar-refractivity contribution >= 4 is 23.0 Å². The van der Waals surface area contributed by atoms with Crippen LogP contribution in [0.3, 0.4) is 0 Å². The number of fused-ring (bicyclic) bond motifs is 1. The van der Waals surface area contributed by atoms with Gasteiger partial charge in [0.1, 0.15) is 11.7 Å². The van der Waals surface area contributed by atoms with E-state index < -0.39 is 18.0 Å². The number of nitrogens with zero attached hydrogens (tertiary/aromatic N) is 1. The van der Waals surface area contributed by atoms with Crippen LogP contribution in [0.4, 0.5) is 0 Å². The highest BCUT2D eigenvalue weighted by Crippen LogP contribution is 2.21.